The van der Waals surface area contributed by atoms with Gasteiger partial charge in [-0.2, -0.15) is 0 Å². The van der Waals surface area contributed by atoms with E-state index in [0.29, 0.717) is 5.88 Å². The van der Waals surface area contributed by atoms with Crippen molar-refractivity contribution in [3.63, 3.8) is 0 Å². The minimum atomic E-state index is 0.518. The molecule has 18 heavy (non-hydrogen) atoms. The van der Waals surface area contributed by atoms with Crippen LogP contribution in [0, 0.1) is 0 Å². The molecule has 0 spiro atoms. The van der Waals surface area contributed by atoms with E-state index in [2.05, 4.69) is 40.2 Å². The Labute approximate surface area is 112 Å². The van der Waals surface area contributed by atoms with Crippen molar-refractivity contribution < 1.29 is 0 Å². The van der Waals surface area contributed by atoms with Gasteiger partial charge in [0.1, 0.15) is 5.82 Å². The third-order valence-electron chi connectivity index (χ3n) is 3.35. The molecule has 1 aromatic heterocycles. The van der Waals surface area contributed by atoms with Crippen LogP contribution in [0.4, 0.5) is 11.5 Å². The highest BCUT2D eigenvalue weighted by Gasteiger charge is 2.18. The number of fused-ring (bicyclic) bond motifs is 1. The van der Waals surface area contributed by atoms with E-state index >= 15 is 0 Å². The van der Waals surface area contributed by atoms with Crippen LogP contribution in [-0.2, 0) is 12.3 Å². The van der Waals surface area contributed by atoms with Gasteiger partial charge in [0, 0.05) is 24.3 Å². The molecule has 3 heteroatoms. The Balaban J connectivity index is 1.97. The van der Waals surface area contributed by atoms with Crippen LogP contribution in [0.25, 0.3) is 0 Å². The van der Waals surface area contributed by atoms with Crippen LogP contribution >= 0.6 is 11.6 Å². The zero-order chi connectivity index (χ0) is 12.4. The van der Waals surface area contributed by atoms with Crippen LogP contribution in [-0.4, -0.2) is 11.5 Å². The summed E-state index contributed by atoms with van der Waals surface area (Å²) in [5.74, 6) is 1.53. The van der Waals surface area contributed by atoms with Gasteiger partial charge in [-0.3, -0.25) is 0 Å². The second kappa shape index (κ2) is 4.99. The molecule has 0 amide bonds. The molecule has 2 nitrogen and oxygen atoms in total. The molecular formula is C15H15ClN2. The van der Waals surface area contributed by atoms with Crippen LogP contribution < -0.4 is 4.90 Å². The van der Waals surface area contributed by atoms with Gasteiger partial charge in [0.2, 0.25) is 0 Å². The van der Waals surface area contributed by atoms with Crippen LogP contribution in [0.2, 0.25) is 0 Å². The van der Waals surface area contributed by atoms with Crippen molar-refractivity contribution in [3.05, 3.63) is 53.7 Å². The number of rotatable bonds is 2. The number of halogens is 1. The Bertz CT molecular complexity index is 536. The summed E-state index contributed by atoms with van der Waals surface area (Å²) in [6.45, 7) is 1.03. The second-order valence-corrected chi connectivity index (χ2v) is 4.81. The molecule has 0 aliphatic carbocycles. The minimum Gasteiger partial charge on any atom is -0.326 e. The molecule has 0 radical (unpaired) electrons. The standard InChI is InChI=1S/C15H15ClN2/c16-10-12-7-8-15(17-11-12)18-9-3-5-13-4-1-2-6-14(13)18/h1-2,4,6-8,11H,3,5,9-10H2. The van der Waals surface area contributed by atoms with Crippen molar-refractivity contribution in [2.24, 2.45) is 0 Å². The average Bonchev–Trinajstić information content (AvgIpc) is 2.47. The number of benzene rings is 1. The molecule has 0 fully saturated rings. The molecule has 0 N–H and O–H groups in total. The number of anilines is 2. The van der Waals surface area contributed by atoms with Crippen molar-refractivity contribution in [3.8, 4) is 0 Å². The largest absolute Gasteiger partial charge is 0.326 e. The molecule has 0 bridgehead atoms. The first-order chi connectivity index (χ1) is 8.88. The van der Waals surface area contributed by atoms with Gasteiger partial charge in [0.05, 0.1) is 0 Å². The average molecular weight is 259 g/mol. The lowest BCUT2D eigenvalue weighted by Gasteiger charge is -2.30. The molecule has 2 aromatic rings. The molecule has 1 aromatic carbocycles. The fourth-order valence-corrected chi connectivity index (χ4v) is 2.59. The van der Waals surface area contributed by atoms with E-state index in [1.54, 1.807) is 0 Å². The summed E-state index contributed by atoms with van der Waals surface area (Å²) < 4.78 is 0. The highest BCUT2D eigenvalue weighted by Crippen LogP contribution is 2.32. The summed E-state index contributed by atoms with van der Waals surface area (Å²) in [6, 6.07) is 12.7. The number of pyridine rings is 1. The van der Waals surface area contributed by atoms with Gasteiger partial charge in [0.25, 0.3) is 0 Å². The molecule has 0 atom stereocenters. The third-order valence-corrected chi connectivity index (χ3v) is 3.66. The lowest BCUT2D eigenvalue weighted by molar-refractivity contribution is 0.759. The molecule has 0 unspecified atom stereocenters. The van der Waals surface area contributed by atoms with E-state index in [1.807, 2.05) is 12.3 Å². The number of aryl methyl sites for hydroxylation is 1. The fraction of sp³-hybridized carbons (Fsp3) is 0.267. The maximum absolute atomic E-state index is 5.79. The number of nitrogens with zero attached hydrogens (tertiary/aromatic N) is 2. The zero-order valence-electron chi connectivity index (χ0n) is 10.1. The quantitative estimate of drug-likeness (QED) is 0.760. The topological polar surface area (TPSA) is 16.1 Å². The van der Waals surface area contributed by atoms with Crippen molar-refractivity contribution in [1.82, 2.24) is 4.98 Å². The first-order valence-corrected chi connectivity index (χ1v) is 6.78. The SMILES string of the molecule is ClCc1ccc(N2CCCc3ccccc32)nc1. The smallest absolute Gasteiger partial charge is 0.132 e. The first-order valence-electron chi connectivity index (χ1n) is 6.25. The lowest BCUT2D eigenvalue weighted by Crippen LogP contribution is -2.25. The Morgan fingerprint density at radius 3 is 2.83 bits per heavy atom. The van der Waals surface area contributed by atoms with Gasteiger partial charge in [-0.1, -0.05) is 24.3 Å². The highest BCUT2D eigenvalue weighted by molar-refractivity contribution is 6.17. The third kappa shape index (κ3) is 2.08. The van der Waals surface area contributed by atoms with E-state index in [9.17, 15) is 0 Å². The van der Waals surface area contributed by atoms with Crippen LogP contribution in [0.15, 0.2) is 42.6 Å². The van der Waals surface area contributed by atoms with Crippen molar-refractivity contribution in [1.29, 1.82) is 0 Å². The first kappa shape index (κ1) is 11.5. The second-order valence-electron chi connectivity index (χ2n) is 4.54. The molecule has 92 valence electrons. The Morgan fingerprint density at radius 2 is 2.06 bits per heavy atom. The summed E-state index contributed by atoms with van der Waals surface area (Å²) in [7, 11) is 0. The van der Waals surface area contributed by atoms with Crippen LogP contribution in [0.1, 0.15) is 17.5 Å². The molecule has 0 saturated carbocycles. The number of aromatic nitrogens is 1. The summed E-state index contributed by atoms with van der Waals surface area (Å²) in [5.41, 5.74) is 3.76. The Hall–Kier alpha value is -1.54. The van der Waals surface area contributed by atoms with Crippen molar-refractivity contribution in [2.75, 3.05) is 11.4 Å². The van der Waals surface area contributed by atoms with Gasteiger partial charge in [-0.15, -0.1) is 11.6 Å². The van der Waals surface area contributed by atoms with Crippen molar-refractivity contribution >= 4 is 23.1 Å². The predicted octanol–water partition coefficient (Wildman–Crippen LogP) is 3.90. The van der Waals surface area contributed by atoms with Gasteiger partial charge in [-0.05, 0) is 36.1 Å². The number of hydrogen-bond acceptors (Lipinski definition) is 2. The molecule has 0 saturated heterocycles. The molecule has 2 heterocycles. The summed E-state index contributed by atoms with van der Waals surface area (Å²) >= 11 is 5.79. The fourth-order valence-electron chi connectivity index (χ4n) is 2.43. The normalized spacial score (nSPS) is 14.4. The van der Waals surface area contributed by atoms with E-state index in [0.717, 1.165) is 24.3 Å². The van der Waals surface area contributed by atoms with Gasteiger partial charge in [-0.25, -0.2) is 4.98 Å². The predicted molar refractivity (Wildman–Crippen MR) is 75.6 cm³/mol. The number of hydrogen-bond donors (Lipinski definition) is 0. The maximum Gasteiger partial charge on any atom is 0.132 e. The number of alkyl halides is 1. The highest BCUT2D eigenvalue weighted by atomic mass is 35.5. The summed E-state index contributed by atoms with van der Waals surface area (Å²) in [6.07, 6.45) is 4.20. The zero-order valence-corrected chi connectivity index (χ0v) is 10.9. The lowest BCUT2D eigenvalue weighted by atomic mass is 10.0. The molecular weight excluding hydrogens is 244 g/mol. The van der Waals surface area contributed by atoms with E-state index in [-0.39, 0.29) is 0 Å². The molecule has 1 aliphatic heterocycles. The molecule has 1 aliphatic rings. The van der Waals surface area contributed by atoms with Gasteiger partial charge < -0.3 is 4.90 Å². The number of para-hydroxylation sites is 1. The Kier molecular flexibility index (Phi) is 3.20. The molecule has 3 rings (SSSR count). The van der Waals surface area contributed by atoms with Crippen molar-refractivity contribution in [2.45, 2.75) is 18.7 Å². The summed E-state index contributed by atoms with van der Waals surface area (Å²) in [5, 5.41) is 0. The monoisotopic (exact) mass is 258 g/mol. The van der Waals surface area contributed by atoms with E-state index in [1.165, 1.54) is 17.7 Å². The maximum atomic E-state index is 5.79. The van der Waals surface area contributed by atoms with E-state index in [4.69, 9.17) is 11.6 Å². The van der Waals surface area contributed by atoms with Crippen LogP contribution in [0.5, 0.6) is 0 Å². The van der Waals surface area contributed by atoms with Gasteiger partial charge >= 0.3 is 0 Å². The minimum absolute atomic E-state index is 0.518. The Morgan fingerprint density at radius 1 is 1.17 bits per heavy atom. The van der Waals surface area contributed by atoms with Gasteiger partial charge in [0.15, 0.2) is 0 Å². The van der Waals surface area contributed by atoms with Crippen LogP contribution in [0.3, 0.4) is 0 Å². The summed E-state index contributed by atoms with van der Waals surface area (Å²) in [4.78, 5) is 6.80. The van der Waals surface area contributed by atoms with E-state index < -0.39 is 0 Å².